The lowest BCUT2D eigenvalue weighted by Crippen LogP contribution is -2.44. The number of thiazole rings is 1. The summed E-state index contributed by atoms with van der Waals surface area (Å²) in [7, 11) is 0. The average Bonchev–Trinajstić information content (AvgIpc) is 3.21. The summed E-state index contributed by atoms with van der Waals surface area (Å²) >= 11 is 1.01. The molecule has 2 N–H and O–H groups in total. The lowest BCUT2D eigenvalue weighted by Gasteiger charge is -2.31. The summed E-state index contributed by atoms with van der Waals surface area (Å²) in [5, 5.41) is 11.1. The van der Waals surface area contributed by atoms with E-state index in [9.17, 15) is 18.0 Å². The number of carbonyl (C=O) groups is 1. The molecule has 6 nitrogen and oxygen atoms in total. The molecule has 1 atom stereocenters. The molecule has 1 saturated heterocycles. The molecular weight excluding hydrogens is 355 g/mol. The molecule has 2 aromatic heterocycles. The smallest absolute Gasteiger partial charge is 0.332 e. The number of H-pyrrole nitrogens is 1. The predicted molar refractivity (Wildman–Crippen MR) is 86.2 cm³/mol. The number of likely N-dealkylation sites (tertiary alicyclic amines) is 1. The number of halogens is 3. The highest BCUT2D eigenvalue weighted by Crippen LogP contribution is 2.34. The van der Waals surface area contributed by atoms with E-state index in [1.807, 2.05) is 13.0 Å². The van der Waals surface area contributed by atoms with Crippen molar-refractivity contribution in [1.82, 2.24) is 25.4 Å². The van der Waals surface area contributed by atoms with E-state index >= 15 is 0 Å². The molecule has 10 heteroatoms. The Balaban J connectivity index is 1.58. The van der Waals surface area contributed by atoms with Crippen LogP contribution in [0.5, 0.6) is 0 Å². The number of rotatable bonds is 3. The molecule has 1 unspecified atom stereocenters. The second-order valence-corrected chi connectivity index (χ2v) is 6.94. The summed E-state index contributed by atoms with van der Waals surface area (Å²) in [5.74, 6) is -0.159. The molecule has 3 heterocycles. The average molecular weight is 373 g/mol. The third kappa shape index (κ3) is 4.30. The molecular formula is C15H18F3N5OS. The van der Waals surface area contributed by atoms with Crippen molar-refractivity contribution < 1.29 is 18.0 Å². The van der Waals surface area contributed by atoms with Crippen molar-refractivity contribution in [2.75, 3.05) is 13.1 Å². The van der Waals surface area contributed by atoms with Gasteiger partial charge in [0.15, 0.2) is 5.69 Å². The first-order chi connectivity index (χ1) is 11.8. The van der Waals surface area contributed by atoms with Crippen LogP contribution in [0.3, 0.4) is 0 Å². The molecule has 2 amide bonds. The van der Waals surface area contributed by atoms with E-state index in [1.54, 1.807) is 4.90 Å². The van der Waals surface area contributed by atoms with E-state index in [-0.39, 0.29) is 11.9 Å². The molecule has 0 aromatic carbocycles. The van der Waals surface area contributed by atoms with Crippen molar-refractivity contribution in [2.24, 2.45) is 0 Å². The number of alkyl halides is 3. The standard InChI is InChI=1S/C15H18F3N5OS/c1-9-5-11(22-21-9)6-19-14(24)23-4-2-3-10(7-23)13-20-12(8-25-13)15(16,17)18/h5,8,10H,2-4,6-7H2,1H3,(H,19,24)(H,21,22). The Morgan fingerprint density at radius 2 is 2.32 bits per heavy atom. The highest BCUT2D eigenvalue weighted by atomic mass is 32.1. The van der Waals surface area contributed by atoms with Gasteiger partial charge in [-0.3, -0.25) is 5.10 Å². The third-order valence-corrected chi connectivity index (χ3v) is 5.06. The fraction of sp³-hybridized carbons (Fsp3) is 0.533. The monoisotopic (exact) mass is 373 g/mol. The number of hydrogen-bond donors (Lipinski definition) is 2. The summed E-state index contributed by atoms with van der Waals surface area (Å²) < 4.78 is 38.1. The molecule has 1 aliphatic rings. The van der Waals surface area contributed by atoms with E-state index in [2.05, 4.69) is 20.5 Å². The Morgan fingerprint density at radius 3 is 2.96 bits per heavy atom. The minimum atomic E-state index is -4.43. The molecule has 3 rings (SSSR count). The van der Waals surface area contributed by atoms with Gasteiger partial charge in [-0.25, -0.2) is 9.78 Å². The van der Waals surface area contributed by atoms with Crippen LogP contribution in [0.15, 0.2) is 11.4 Å². The quantitative estimate of drug-likeness (QED) is 0.867. The van der Waals surface area contributed by atoms with Crippen LogP contribution in [-0.4, -0.2) is 39.2 Å². The van der Waals surface area contributed by atoms with Gasteiger partial charge in [-0.2, -0.15) is 18.3 Å². The number of amides is 2. The maximum Gasteiger partial charge on any atom is 0.434 e. The number of urea groups is 1. The van der Waals surface area contributed by atoms with E-state index in [4.69, 9.17) is 0 Å². The number of piperidine rings is 1. The largest absolute Gasteiger partial charge is 0.434 e. The Morgan fingerprint density at radius 1 is 1.52 bits per heavy atom. The lowest BCUT2D eigenvalue weighted by atomic mass is 9.99. The van der Waals surface area contributed by atoms with Gasteiger partial charge in [-0.05, 0) is 25.8 Å². The Bertz CT molecular complexity index is 742. The zero-order valence-corrected chi connectivity index (χ0v) is 14.4. The first-order valence-electron chi connectivity index (χ1n) is 7.89. The topological polar surface area (TPSA) is 73.9 Å². The van der Waals surface area contributed by atoms with E-state index in [1.165, 1.54) is 0 Å². The first kappa shape index (κ1) is 17.7. The number of nitrogens with one attached hydrogen (secondary N) is 2. The van der Waals surface area contributed by atoms with Gasteiger partial charge in [0.05, 0.1) is 17.2 Å². The fourth-order valence-corrected chi connectivity index (χ4v) is 3.77. The molecule has 1 fully saturated rings. The number of carbonyl (C=O) groups excluding carboxylic acids is 1. The van der Waals surface area contributed by atoms with Crippen molar-refractivity contribution in [1.29, 1.82) is 0 Å². The maximum absolute atomic E-state index is 12.7. The normalized spacial score (nSPS) is 18.4. The highest BCUT2D eigenvalue weighted by Gasteiger charge is 2.35. The van der Waals surface area contributed by atoms with Gasteiger partial charge in [0, 0.05) is 30.1 Å². The zero-order chi connectivity index (χ0) is 18.0. The van der Waals surface area contributed by atoms with Crippen molar-refractivity contribution in [3.63, 3.8) is 0 Å². The van der Waals surface area contributed by atoms with Gasteiger partial charge >= 0.3 is 12.2 Å². The number of aromatic nitrogens is 3. The van der Waals surface area contributed by atoms with Gasteiger partial charge in [0.2, 0.25) is 0 Å². The summed E-state index contributed by atoms with van der Waals surface area (Å²) in [6.07, 6.45) is -2.96. The van der Waals surface area contributed by atoms with Gasteiger partial charge in [-0.1, -0.05) is 0 Å². The Kier molecular flexibility index (Phi) is 4.98. The van der Waals surface area contributed by atoms with Crippen molar-refractivity contribution in [2.45, 2.75) is 38.4 Å². The number of nitrogens with zero attached hydrogens (tertiary/aromatic N) is 3. The van der Waals surface area contributed by atoms with Crippen LogP contribution < -0.4 is 5.32 Å². The lowest BCUT2D eigenvalue weighted by molar-refractivity contribution is -0.140. The molecule has 2 aromatic rings. The Labute approximate surface area is 146 Å². The van der Waals surface area contributed by atoms with Crippen molar-refractivity contribution in [3.05, 3.63) is 33.5 Å². The van der Waals surface area contributed by atoms with Gasteiger partial charge in [-0.15, -0.1) is 11.3 Å². The SMILES string of the molecule is Cc1cc(CNC(=O)N2CCCC(c3nc(C(F)(F)F)cs3)C2)n[nH]1. The second kappa shape index (κ2) is 7.03. The zero-order valence-electron chi connectivity index (χ0n) is 13.6. The summed E-state index contributed by atoms with van der Waals surface area (Å²) in [6, 6.07) is 1.60. The predicted octanol–water partition coefficient (Wildman–Crippen LogP) is 3.28. The molecule has 0 radical (unpaired) electrons. The third-order valence-electron chi connectivity index (χ3n) is 4.05. The fourth-order valence-electron chi connectivity index (χ4n) is 2.81. The number of hydrogen-bond acceptors (Lipinski definition) is 4. The van der Waals surface area contributed by atoms with Gasteiger partial charge < -0.3 is 10.2 Å². The van der Waals surface area contributed by atoms with Gasteiger partial charge in [0.1, 0.15) is 0 Å². The molecule has 25 heavy (non-hydrogen) atoms. The van der Waals surface area contributed by atoms with E-state index in [0.29, 0.717) is 24.6 Å². The number of aryl methyl sites for hydroxylation is 1. The van der Waals surface area contributed by atoms with Crippen molar-refractivity contribution >= 4 is 17.4 Å². The molecule has 0 bridgehead atoms. The molecule has 1 aliphatic heterocycles. The van der Waals surface area contributed by atoms with Crippen LogP contribution in [0.4, 0.5) is 18.0 Å². The van der Waals surface area contributed by atoms with Crippen molar-refractivity contribution in [3.8, 4) is 0 Å². The summed E-state index contributed by atoms with van der Waals surface area (Å²) in [4.78, 5) is 17.6. The van der Waals surface area contributed by atoms with E-state index in [0.717, 1.165) is 40.9 Å². The van der Waals surface area contributed by atoms with Gasteiger partial charge in [0.25, 0.3) is 0 Å². The maximum atomic E-state index is 12.7. The van der Waals surface area contributed by atoms with Crippen LogP contribution in [0, 0.1) is 6.92 Å². The summed E-state index contributed by atoms with van der Waals surface area (Å²) in [6.45, 7) is 3.13. The van der Waals surface area contributed by atoms with Crippen LogP contribution in [0.2, 0.25) is 0 Å². The Hall–Kier alpha value is -2.10. The van der Waals surface area contributed by atoms with Crippen LogP contribution in [-0.2, 0) is 12.7 Å². The highest BCUT2D eigenvalue weighted by molar-refractivity contribution is 7.09. The van der Waals surface area contributed by atoms with Crippen LogP contribution in [0.25, 0.3) is 0 Å². The molecule has 0 aliphatic carbocycles. The second-order valence-electron chi connectivity index (χ2n) is 6.05. The van der Waals surface area contributed by atoms with Crippen LogP contribution >= 0.6 is 11.3 Å². The first-order valence-corrected chi connectivity index (χ1v) is 8.77. The molecule has 0 saturated carbocycles. The summed E-state index contributed by atoms with van der Waals surface area (Å²) in [5.41, 5.74) is 0.781. The van der Waals surface area contributed by atoms with E-state index < -0.39 is 11.9 Å². The van der Waals surface area contributed by atoms with Crippen LogP contribution in [0.1, 0.15) is 40.8 Å². The number of aromatic amines is 1. The molecule has 136 valence electrons. The minimum absolute atomic E-state index is 0.159. The minimum Gasteiger partial charge on any atom is -0.332 e. The molecule has 0 spiro atoms.